The average Bonchev–Trinajstić information content (AvgIpc) is 3.39. The molecule has 0 saturated heterocycles. The molecular formula is C26H21BrFN3O3. The molecule has 3 aromatic carbocycles. The number of ether oxygens (including phenoxy) is 2. The number of halogens is 2. The molecule has 0 spiro atoms. The maximum atomic E-state index is 13.1. The number of benzene rings is 3. The highest BCUT2D eigenvalue weighted by atomic mass is 79.9. The van der Waals surface area contributed by atoms with E-state index < -0.39 is 0 Å². The summed E-state index contributed by atoms with van der Waals surface area (Å²) in [6.07, 6.45) is 5.27. The number of hydrogen-bond donors (Lipinski definition) is 1. The van der Waals surface area contributed by atoms with Gasteiger partial charge in [0.2, 0.25) is 0 Å². The third kappa shape index (κ3) is 5.52. The summed E-state index contributed by atoms with van der Waals surface area (Å²) in [5, 5.41) is 4.10. The largest absolute Gasteiger partial charge is 0.493 e. The Morgan fingerprint density at radius 1 is 1.09 bits per heavy atom. The van der Waals surface area contributed by atoms with E-state index in [1.165, 1.54) is 25.5 Å². The molecule has 1 N–H and O–H groups in total. The van der Waals surface area contributed by atoms with Crippen molar-refractivity contribution in [2.24, 2.45) is 5.10 Å². The van der Waals surface area contributed by atoms with Gasteiger partial charge in [-0.1, -0.05) is 24.3 Å². The zero-order chi connectivity index (χ0) is 23.9. The van der Waals surface area contributed by atoms with Crippen LogP contribution < -0.4 is 14.9 Å². The Morgan fingerprint density at radius 3 is 2.56 bits per heavy atom. The third-order valence-electron chi connectivity index (χ3n) is 4.96. The highest BCUT2D eigenvalue weighted by Gasteiger charge is 2.13. The number of hydrazone groups is 1. The molecule has 172 valence electrons. The van der Waals surface area contributed by atoms with E-state index in [2.05, 4.69) is 26.5 Å². The van der Waals surface area contributed by atoms with Crippen molar-refractivity contribution in [3.8, 4) is 17.2 Å². The Hall–Kier alpha value is -3.91. The number of carbonyl (C=O) groups is 1. The topological polar surface area (TPSA) is 64.8 Å². The first-order valence-corrected chi connectivity index (χ1v) is 11.1. The van der Waals surface area contributed by atoms with Crippen molar-refractivity contribution in [1.29, 1.82) is 0 Å². The number of nitrogens with one attached hydrogen (secondary N) is 1. The van der Waals surface area contributed by atoms with E-state index in [9.17, 15) is 9.18 Å². The third-order valence-corrected chi connectivity index (χ3v) is 5.55. The Bertz CT molecular complexity index is 1310. The SMILES string of the molecule is COc1cc(/C=N\NC(=O)c2ccccc2-n2cccc2)cc(Br)c1OCc1ccc(F)cc1. The van der Waals surface area contributed by atoms with Crippen LogP contribution in [0.4, 0.5) is 4.39 Å². The molecule has 1 amide bonds. The fraction of sp³-hybridized carbons (Fsp3) is 0.0769. The highest BCUT2D eigenvalue weighted by Crippen LogP contribution is 2.36. The molecule has 4 aromatic rings. The van der Waals surface area contributed by atoms with Crippen LogP contribution >= 0.6 is 15.9 Å². The molecule has 0 aliphatic heterocycles. The van der Waals surface area contributed by atoms with Crippen molar-refractivity contribution in [2.75, 3.05) is 7.11 Å². The first-order chi connectivity index (χ1) is 16.5. The number of nitrogens with zero attached hydrogens (tertiary/aromatic N) is 2. The van der Waals surface area contributed by atoms with Gasteiger partial charge < -0.3 is 14.0 Å². The number of hydrogen-bond acceptors (Lipinski definition) is 4. The fourth-order valence-electron chi connectivity index (χ4n) is 3.30. The van der Waals surface area contributed by atoms with Crippen LogP contribution in [-0.4, -0.2) is 23.8 Å². The van der Waals surface area contributed by atoms with E-state index in [4.69, 9.17) is 9.47 Å². The van der Waals surface area contributed by atoms with Gasteiger partial charge in [-0.3, -0.25) is 4.79 Å². The van der Waals surface area contributed by atoms with Gasteiger partial charge in [0.15, 0.2) is 11.5 Å². The zero-order valence-electron chi connectivity index (χ0n) is 18.2. The molecule has 4 rings (SSSR count). The number of methoxy groups -OCH3 is 1. The van der Waals surface area contributed by atoms with Gasteiger partial charge >= 0.3 is 0 Å². The van der Waals surface area contributed by atoms with E-state index in [1.807, 2.05) is 41.2 Å². The van der Waals surface area contributed by atoms with E-state index in [0.29, 0.717) is 27.1 Å². The number of para-hydroxylation sites is 1. The Labute approximate surface area is 204 Å². The minimum absolute atomic E-state index is 0.250. The van der Waals surface area contributed by atoms with Crippen LogP contribution in [-0.2, 0) is 6.61 Å². The second-order valence-corrected chi connectivity index (χ2v) is 8.11. The standard InChI is InChI=1S/C26H21BrFN3O3/c1-33-24-15-19(14-22(27)25(24)34-17-18-8-10-20(28)11-9-18)16-29-30-26(32)21-6-2-3-7-23(21)31-12-4-5-13-31/h2-16H,17H2,1H3,(H,30,32)/b29-16-. The summed E-state index contributed by atoms with van der Waals surface area (Å²) in [6, 6.07) is 20.7. The highest BCUT2D eigenvalue weighted by molar-refractivity contribution is 9.10. The van der Waals surface area contributed by atoms with Crippen LogP contribution in [0.1, 0.15) is 21.5 Å². The molecule has 0 radical (unpaired) electrons. The van der Waals surface area contributed by atoms with E-state index in [1.54, 1.807) is 36.4 Å². The van der Waals surface area contributed by atoms with Crippen LogP contribution in [0.3, 0.4) is 0 Å². The summed E-state index contributed by atoms with van der Waals surface area (Å²) in [6.45, 7) is 0.250. The monoisotopic (exact) mass is 521 g/mol. The predicted octanol–water partition coefficient (Wildman–Crippen LogP) is 5.73. The summed E-state index contributed by atoms with van der Waals surface area (Å²) in [4.78, 5) is 12.7. The van der Waals surface area contributed by atoms with Gasteiger partial charge in [-0.2, -0.15) is 5.10 Å². The minimum Gasteiger partial charge on any atom is -0.493 e. The maximum Gasteiger partial charge on any atom is 0.273 e. The van der Waals surface area contributed by atoms with Crippen molar-refractivity contribution in [2.45, 2.75) is 6.61 Å². The molecule has 0 bridgehead atoms. The molecule has 0 aliphatic rings. The molecule has 0 aliphatic carbocycles. The van der Waals surface area contributed by atoms with Crippen molar-refractivity contribution < 1.29 is 18.7 Å². The van der Waals surface area contributed by atoms with Gasteiger partial charge in [-0.15, -0.1) is 0 Å². The van der Waals surface area contributed by atoms with Crippen molar-refractivity contribution in [3.05, 3.63) is 112 Å². The predicted molar refractivity (Wildman–Crippen MR) is 132 cm³/mol. The molecule has 34 heavy (non-hydrogen) atoms. The number of amides is 1. The smallest absolute Gasteiger partial charge is 0.273 e. The number of carbonyl (C=O) groups excluding carboxylic acids is 1. The van der Waals surface area contributed by atoms with Gasteiger partial charge in [0.25, 0.3) is 5.91 Å². The lowest BCUT2D eigenvalue weighted by Gasteiger charge is -2.13. The molecule has 0 atom stereocenters. The summed E-state index contributed by atoms with van der Waals surface area (Å²) in [7, 11) is 1.54. The normalized spacial score (nSPS) is 10.9. The molecule has 6 nitrogen and oxygen atoms in total. The van der Waals surface area contributed by atoms with Crippen molar-refractivity contribution in [1.82, 2.24) is 9.99 Å². The maximum absolute atomic E-state index is 13.1. The zero-order valence-corrected chi connectivity index (χ0v) is 19.8. The Balaban J connectivity index is 1.46. The van der Waals surface area contributed by atoms with Crippen LogP contribution in [0.2, 0.25) is 0 Å². The summed E-state index contributed by atoms with van der Waals surface area (Å²) in [5.41, 5.74) is 5.34. The Kier molecular flexibility index (Phi) is 7.39. The summed E-state index contributed by atoms with van der Waals surface area (Å²) >= 11 is 3.50. The second kappa shape index (κ2) is 10.8. The lowest BCUT2D eigenvalue weighted by atomic mass is 10.1. The molecule has 0 saturated carbocycles. The van der Waals surface area contributed by atoms with Crippen LogP contribution in [0, 0.1) is 5.82 Å². The molecule has 1 heterocycles. The van der Waals surface area contributed by atoms with E-state index in [0.717, 1.165) is 11.3 Å². The second-order valence-electron chi connectivity index (χ2n) is 7.26. The lowest BCUT2D eigenvalue weighted by Crippen LogP contribution is -2.19. The van der Waals surface area contributed by atoms with Gasteiger partial charge in [0.05, 0.1) is 29.0 Å². The van der Waals surface area contributed by atoms with E-state index in [-0.39, 0.29) is 18.3 Å². The molecule has 0 unspecified atom stereocenters. The number of aromatic nitrogens is 1. The molecule has 8 heteroatoms. The number of rotatable bonds is 8. The van der Waals surface area contributed by atoms with Gasteiger partial charge in [-0.25, -0.2) is 9.82 Å². The average molecular weight is 522 g/mol. The van der Waals surface area contributed by atoms with Gasteiger partial charge in [0.1, 0.15) is 12.4 Å². The van der Waals surface area contributed by atoms with Gasteiger partial charge in [-0.05, 0) is 75.6 Å². The minimum atomic E-state index is -0.328. The first kappa shape index (κ1) is 23.3. The lowest BCUT2D eigenvalue weighted by molar-refractivity contribution is 0.0955. The van der Waals surface area contributed by atoms with Crippen molar-refractivity contribution >= 4 is 28.1 Å². The summed E-state index contributed by atoms with van der Waals surface area (Å²) < 4.78 is 27.0. The fourth-order valence-corrected chi connectivity index (χ4v) is 3.88. The Morgan fingerprint density at radius 2 is 1.82 bits per heavy atom. The van der Waals surface area contributed by atoms with E-state index >= 15 is 0 Å². The quantitative estimate of drug-likeness (QED) is 0.238. The van der Waals surface area contributed by atoms with Gasteiger partial charge in [0, 0.05) is 12.4 Å². The van der Waals surface area contributed by atoms with Crippen LogP contribution in [0.25, 0.3) is 5.69 Å². The molecular weight excluding hydrogens is 501 g/mol. The first-order valence-electron chi connectivity index (χ1n) is 10.4. The molecule has 1 aromatic heterocycles. The molecule has 0 fully saturated rings. The summed E-state index contributed by atoms with van der Waals surface area (Å²) in [5.74, 6) is 0.369. The van der Waals surface area contributed by atoms with Crippen LogP contribution in [0.15, 0.2) is 94.8 Å². The van der Waals surface area contributed by atoms with Crippen LogP contribution in [0.5, 0.6) is 11.5 Å². The van der Waals surface area contributed by atoms with Crippen molar-refractivity contribution in [3.63, 3.8) is 0 Å².